The number of aryl methyl sites for hydroxylation is 1. The molecule has 1 N–H and O–H groups in total. The van der Waals surface area contributed by atoms with E-state index in [1.54, 1.807) is 11.8 Å². The van der Waals surface area contributed by atoms with Crippen LogP contribution < -0.4 is 4.90 Å². The van der Waals surface area contributed by atoms with Crippen molar-refractivity contribution in [3.8, 4) is 6.07 Å². The Kier molecular flexibility index (Phi) is 2.98. The van der Waals surface area contributed by atoms with E-state index in [9.17, 15) is 14.4 Å². The van der Waals surface area contributed by atoms with Gasteiger partial charge in [-0.2, -0.15) is 5.26 Å². The number of carboxylic acids is 1. The van der Waals surface area contributed by atoms with Crippen LogP contribution in [-0.2, 0) is 4.79 Å². The van der Waals surface area contributed by atoms with Gasteiger partial charge in [-0.05, 0) is 24.6 Å². The number of anilines is 1. The zero-order valence-electron chi connectivity index (χ0n) is 11.3. The highest BCUT2D eigenvalue weighted by molar-refractivity contribution is 5.97. The average Bonchev–Trinajstić information content (AvgIpc) is 2.36. The largest absolute Gasteiger partial charge is 0.481 e. The molecule has 0 unspecified atom stereocenters. The van der Waals surface area contributed by atoms with Crippen molar-refractivity contribution in [3.63, 3.8) is 0 Å². The van der Waals surface area contributed by atoms with Crippen molar-refractivity contribution in [1.82, 2.24) is 4.98 Å². The fraction of sp³-hybridized carbons (Fsp3) is 0.267. The number of fused-ring (bicyclic) bond motifs is 1. The second-order valence-corrected chi connectivity index (χ2v) is 5.19. The summed E-state index contributed by atoms with van der Waals surface area (Å²) in [6, 6.07) is 4.78. The first kappa shape index (κ1) is 13.3. The topological polar surface area (TPSA) is 77.2 Å². The van der Waals surface area contributed by atoms with Crippen LogP contribution in [0, 0.1) is 30.0 Å². The molecule has 1 aliphatic heterocycles. The number of nitriles is 1. The van der Waals surface area contributed by atoms with Crippen LogP contribution in [-0.4, -0.2) is 29.1 Å². The number of pyridine rings is 1. The molecular weight excluding hydrogens is 273 g/mol. The number of benzene rings is 1. The lowest BCUT2D eigenvalue weighted by Gasteiger charge is -2.39. The molecule has 0 saturated carbocycles. The fourth-order valence-electron chi connectivity index (χ4n) is 2.66. The van der Waals surface area contributed by atoms with Gasteiger partial charge in [0.1, 0.15) is 11.9 Å². The first-order valence-electron chi connectivity index (χ1n) is 6.48. The first-order chi connectivity index (χ1) is 10.0. The van der Waals surface area contributed by atoms with Crippen LogP contribution in [0.4, 0.5) is 10.1 Å². The van der Waals surface area contributed by atoms with E-state index >= 15 is 0 Å². The van der Waals surface area contributed by atoms with Crippen LogP contribution in [0.25, 0.3) is 10.9 Å². The third-order valence-corrected chi connectivity index (χ3v) is 3.77. The summed E-state index contributed by atoms with van der Waals surface area (Å²) in [5.41, 5.74) is 2.22. The SMILES string of the molecule is Cc1cc(F)cc2c(N3CC(C(=O)O)C3)c(C#N)cnc12. The maximum atomic E-state index is 13.7. The average molecular weight is 285 g/mol. The molecule has 1 saturated heterocycles. The van der Waals surface area contributed by atoms with Gasteiger partial charge in [-0.15, -0.1) is 0 Å². The fourth-order valence-corrected chi connectivity index (χ4v) is 2.66. The van der Waals surface area contributed by atoms with E-state index in [1.165, 1.54) is 18.3 Å². The molecule has 0 spiro atoms. The number of aromatic nitrogens is 1. The minimum absolute atomic E-state index is 0.318. The molecule has 0 aliphatic carbocycles. The van der Waals surface area contributed by atoms with Crippen LogP contribution in [0.5, 0.6) is 0 Å². The summed E-state index contributed by atoms with van der Waals surface area (Å²) >= 11 is 0. The normalized spacial score (nSPS) is 14.8. The summed E-state index contributed by atoms with van der Waals surface area (Å²) in [4.78, 5) is 16.9. The molecule has 106 valence electrons. The molecule has 2 heterocycles. The van der Waals surface area contributed by atoms with E-state index in [-0.39, 0.29) is 0 Å². The van der Waals surface area contributed by atoms with Crippen LogP contribution in [0.15, 0.2) is 18.3 Å². The van der Waals surface area contributed by atoms with Gasteiger partial charge in [-0.1, -0.05) is 0 Å². The van der Waals surface area contributed by atoms with E-state index in [2.05, 4.69) is 4.98 Å². The monoisotopic (exact) mass is 285 g/mol. The third-order valence-electron chi connectivity index (χ3n) is 3.77. The standard InChI is InChI=1S/C15H12FN3O2/c1-8-2-11(16)3-12-13(8)18-5-9(4-17)14(12)19-6-10(7-19)15(20)21/h2-3,5,10H,6-7H2,1H3,(H,20,21). The minimum atomic E-state index is -0.856. The lowest BCUT2D eigenvalue weighted by Crippen LogP contribution is -2.50. The summed E-state index contributed by atoms with van der Waals surface area (Å²) in [7, 11) is 0. The number of carboxylic acid groups (broad SMARTS) is 1. The molecule has 5 nitrogen and oxygen atoms in total. The van der Waals surface area contributed by atoms with E-state index in [1.807, 2.05) is 6.07 Å². The Labute approximate surface area is 120 Å². The lowest BCUT2D eigenvalue weighted by atomic mass is 9.96. The molecule has 1 aliphatic rings. The van der Waals surface area contributed by atoms with Crippen LogP contribution >= 0.6 is 0 Å². The van der Waals surface area contributed by atoms with Crippen molar-refractivity contribution < 1.29 is 14.3 Å². The Morgan fingerprint density at radius 2 is 2.24 bits per heavy atom. The molecule has 1 fully saturated rings. The van der Waals surface area contributed by atoms with Gasteiger partial charge in [0.2, 0.25) is 0 Å². The van der Waals surface area contributed by atoms with Crippen LogP contribution in [0.2, 0.25) is 0 Å². The number of halogens is 1. The highest BCUT2D eigenvalue weighted by Crippen LogP contribution is 2.35. The predicted molar refractivity (Wildman–Crippen MR) is 74.5 cm³/mol. The Morgan fingerprint density at radius 3 is 2.86 bits per heavy atom. The number of hydrogen-bond donors (Lipinski definition) is 1. The summed E-state index contributed by atoms with van der Waals surface area (Å²) in [6.45, 7) is 2.39. The Morgan fingerprint density at radius 1 is 1.52 bits per heavy atom. The van der Waals surface area contributed by atoms with Crippen molar-refractivity contribution in [2.75, 3.05) is 18.0 Å². The molecule has 0 amide bonds. The summed E-state index contributed by atoms with van der Waals surface area (Å²) < 4.78 is 13.7. The quantitative estimate of drug-likeness (QED) is 0.914. The van der Waals surface area contributed by atoms with Gasteiger partial charge in [0.15, 0.2) is 0 Å². The molecule has 21 heavy (non-hydrogen) atoms. The second kappa shape index (κ2) is 4.70. The van der Waals surface area contributed by atoms with Gasteiger partial charge in [-0.3, -0.25) is 9.78 Å². The summed E-state index contributed by atoms with van der Waals surface area (Å²) in [5.74, 6) is -1.70. The highest BCUT2D eigenvalue weighted by Gasteiger charge is 2.34. The van der Waals surface area contributed by atoms with Gasteiger partial charge in [0.25, 0.3) is 0 Å². The Balaban J connectivity index is 2.16. The maximum Gasteiger partial charge on any atom is 0.310 e. The number of carbonyl (C=O) groups is 1. The molecule has 0 radical (unpaired) electrons. The maximum absolute atomic E-state index is 13.7. The molecule has 1 aromatic heterocycles. The number of rotatable bonds is 2. The van der Waals surface area contributed by atoms with E-state index in [0.29, 0.717) is 40.8 Å². The van der Waals surface area contributed by atoms with Crippen molar-refractivity contribution in [2.45, 2.75) is 6.92 Å². The zero-order valence-corrected chi connectivity index (χ0v) is 11.3. The van der Waals surface area contributed by atoms with E-state index < -0.39 is 17.7 Å². The molecule has 6 heteroatoms. The van der Waals surface area contributed by atoms with Gasteiger partial charge in [0, 0.05) is 24.7 Å². The van der Waals surface area contributed by atoms with Crippen LogP contribution in [0.1, 0.15) is 11.1 Å². The predicted octanol–water partition coefficient (Wildman–Crippen LogP) is 2.07. The smallest absolute Gasteiger partial charge is 0.310 e. The van der Waals surface area contributed by atoms with Crippen molar-refractivity contribution in [2.24, 2.45) is 5.92 Å². The van der Waals surface area contributed by atoms with Crippen molar-refractivity contribution in [3.05, 3.63) is 35.3 Å². The van der Waals surface area contributed by atoms with E-state index in [0.717, 1.165) is 0 Å². The first-order valence-corrected chi connectivity index (χ1v) is 6.48. The van der Waals surface area contributed by atoms with Crippen molar-refractivity contribution in [1.29, 1.82) is 5.26 Å². The Hall–Kier alpha value is -2.68. The number of nitrogens with zero attached hydrogens (tertiary/aromatic N) is 3. The molecule has 0 bridgehead atoms. The molecular formula is C15H12FN3O2. The Bertz CT molecular complexity index is 792. The molecule has 2 aromatic rings. The van der Waals surface area contributed by atoms with E-state index in [4.69, 9.17) is 5.11 Å². The van der Waals surface area contributed by atoms with Gasteiger partial charge >= 0.3 is 5.97 Å². The van der Waals surface area contributed by atoms with Gasteiger partial charge in [-0.25, -0.2) is 4.39 Å². The molecule has 0 atom stereocenters. The lowest BCUT2D eigenvalue weighted by molar-refractivity contribution is -0.142. The third kappa shape index (κ3) is 2.07. The van der Waals surface area contributed by atoms with Crippen LogP contribution in [0.3, 0.4) is 0 Å². The van der Waals surface area contributed by atoms with Crippen molar-refractivity contribution >= 4 is 22.6 Å². The summed E-state index contributed by atoms with van der Waals surface area (Å²) in [5, 5.41) is 18.7. The highest BCUT2D eigenvalue weighted by atomic mass is 19.1. The molecule has 3 rings (SSSR count). The zero-order chi connectivity index (χ0) is 15.1. The molecule has 1 aromatic carbocycles. The minimum Gasteiger partial charge on any atom is -0.481 e. The summed E-state index contributed by atoms with van der Waals surface area (Å²) in [6.07, 6.45) is 1.46. The van der Waals surface area contributed by atoms with Gasteiger partial charge < -0.3 is 10.0 Å². The second-order valence-electron chi connectivity index (χ2n) is 5.19. The number of aliphatic carboxylic acids is 1. The number of hydrogen-bond acceptors (Lipinski definition) is 4. The van der Waals surface area contributed by atoms with Gasteiger partial charge in [0.05, 0.1) is 22.7 Å².